The van der Waals surface area contributed by atoms with Crippen LogP contribution >= 0.6 is 0 Å². The monoisotopic (exact) mass is 344 g/mol. The van der Waals surface area contributed by atoms with Gasteiger partial charge in [-0.3, -0.25) is 0 Å². The van der Waals surface area contributed by atoms with Crippen molar-refractivity contribution < 1.29 is 12.3 Å². The molecule has 114 valence electrons. The van der Waals surface area contributed by atoms with Gasteiger partial charge in [0, 0.05) is 0 Å². The average Bonchev–Trinajstić information content (AvgIpc) is 2.26. The van der Waals surface area contributed by atoms with Crippen LogP contribution in [0.4, 0.5) is 0 Å². The molecule has 20 heavy (non-hydrogen) atoms. The van der Waals surface area contributed by atoms with Crippen LogP contribution < -0.4 is 5.19 Å². The Morgan fingerprint density at radius 3 is 1.90 bits per heavy atom. The molecule has 0 saturated carbocycles. The minimum atomic E-state index is -2.37. The summed E-state index contributed by atoms with van der Waals surface area (Å²) in [5, 5.41) is 1.20. The van der Waals surface area contributed by atoms with Crippen molar-refractivity contribution in [1.82, 2.24) is 0 Å². The van der Waals surface area contributed by atoms with Gasteiger partial charge >= 0.3 is 8.56 Å². The fourth-order valence-electron chi connectivity index (χ4n) is 2.20. The second-order valence-corrected chi connectivity index (χ2v) is 19.2. The minimum Gasteiger partial charge on any atom is -0.442 e. The molecule has 0 aliphatic rings. The van der Waals surface area contributed by atoms with Gasteiger partial charge in [0.15, 0.2) is 17.4 Å². The Morgan fingerprint density at radius 2 is 1.45 bits per heavy atom. The average molecular weight is 345 g/mol. The van der Waals surface area contributed by atoms with Crippen LogP contribution in [0.15, 0.2) is 30.3 Å². The van der Waals surface area contributed by atoms with Crippen molar-refractivity contribution in [2.45, 2.75) is 45.8 Å². The van der Waals surface area contributed by atoms with E-state index in [4.69, 9.17) is 12.3 Å². The summed E-state index contributed by atoms with van der Waals surface area (Å²) in [6, 6.07) is 10.4. The predicted molar refractivity (Wildman–Crippen MR) is 96.2 cm³/mol. The maximum atomic E-state index is 6.49. The molecule has 0 heterocycles. The van der Waals surface area contributed by atoms with E-state index in [-0.39, 0.29) is 0 Å². The van der Waals surface area contributed by atoms with Gasteiger partial charge in [0.1, 0.15) is 0 Å². The van der Waals surface area contributed by atoms with Crippen molar-refractivity contribution in [2.24, 2.45) is 0 Å². The lowest BCUT2D eigenvalue weighted by Gasteiger charge is -2.36. The lowest BCUT2D eigenvalue weighted by atomic mass is 10.4. The molecule has 3 nitrogen and oxygen atoms in total. The summed E-state index contributed by atoms with van der Waals surface area (Å²) in [4.78, 5) is 0. The van der Waals surface area contributed by atoms with Crippen LogP contribution in [0.25, 0.3) is 0 Å². The van der Waals surface area contributed by atoms with E-state index < -0.39 is 35.2 Å². The van der Waals surface area contributed by atoms with Crippen LogP contribution in [0.5, 0.6) is 0 Å². The number of rotatable bonds is 7. The third kappa shape index (κ3) is 6.16. The molecule has 1 rings (SSSR count). The second-order valence-electron chi connectivity index (χ2n) is 6.40. The van der Waals surface area contributed by atoms with Crippen LogP contribution in [0.3, 0.4) is 0 Å². The first-order valence-corrected chi connectivity index (χ1v) is 17.8. The van der Waals surface area contributed by atoms with E-state index in [1.165, 1.54) is 5.19 Å². The first kappa shape index (κ1) is 18.0. The Labute approximate surface area is 129 Å². The van der Waals surface area contributed by atoms with E-state index in [0.717, 1.165) is 0 Å². The Morgan fingerprint density at radius 1 is 0.900 bits per heavy atom. The number of hydrogen-bond acceptors (Lipinski definition) is 3. The van der Waals surface area contributed by atoms with Crippen LogP contribution in [0.2, 0.25) is 45.8 Å². The molecule has 7 heteroatoms. The highest BCUT2D eigenvalue weighted by Crippen LogP contribution is 2.17. The van der Waals surface area contributed by atoms with Gasteiger partial charge in [-0.05, 0) is 51.0 Å². The van der Waals surface area contributed by atoms with Crippen molar-refractivity contribution in [3.63, 3.8) is 0 Å². The molecule has 0 aliphatic carbocycles. The minimum absolute atomic E-state index is 1.05. The molecule has 0 amide bonds. The standard InChI is InChI=1S/C13H28O3Si4/c1-17(2)14-18(3)15-20(7,16-19(4,5)6)13-11-9-8-10-12-13/h8-12,17-18H,1-7H3. The number of hydrogen-bond donors (Lipinski definition) is 0. The molecule has 2 unspecified atom stereocenters. The third-order valence-electron chi connectivity index (χ3n) is 2.65. The van der Waals surface area contributed by atoms with Crippen LogP contribution in [-0.4, -0.2) is 35.2 Å². The van der Waals surface area contributed by atoms with E-state index in [9.17, 15) is 0 Å². The third-order valence-corrected chi connectivity index (χ3v) is 14.9. The fourth-order valence-corrected chi connectivity index (χ4v) is 15.6. The van der Waals surface area contributed by atoms with Crippen molar-refractivity contribution in [1.29, 1.82) is 0 Å². The largest absolute Gasteiger partial charge is 0.442 e. The van der Waals surface area contributed by atoms with Gasteiger partial charge in [-0.2, -0.15) is 0 Å². The maximum absolute atomic E-state index is 6.49. The first-order chi connectivity index (χ1) is 9.12. The fraction of sp³-hybridized carbons (Fsp3) is 0.538. The quantitative estimate of drug-likeness (QED) is 0.712. The zero-order valence-electron chi connectivity index (χ0n) is 13.8. The highest BCUT2D eigenvalue weighted by molar-refractivity contribution is 6.91. The van der Waals surface area contributed by atoms with Crippen molar-refractivity contribution in [3.8, 4) is 0 Å². The first-order valence-electron chi connectivity index (χ1n) is 7.21. The summed E-state index contributed by atoms with van der Waals surface area (Å²) in [6.45, 7) is 15.3. The second kappa shape index (κ2) is 7.30. The van der Waals surface area contributed by atoms with E-state index >= 15 is 0 Å². The summed E-state index contributed by atoms with van der Waals surface area (Å²) in [7, 11) is -6.71. The summed E-state index contributed by atoms with van der Waals surface area (Å²) < 4.78 is 18.9. The zero-order chi connectivity index (χ0) is 15.4. The van der Waals surface area contributed by atoms with Gasteiger partial charge in [-0.1, -0.05) is 30.3 Å². The van der Waals surface area contributed by atoms with Crippen molar-refractivity contribution >= 4 is 40.4 Å². The number of benzene rings is 1. The molecular weight excluding hydrogens is 316 g/mol. The van der Waals surface area contributed by atoms with E-state index in [0.29, 0.717) is 0 Å². The van der Waals surface area contributed by atoms with Crippen LogP contribution in [-0.2, 0) is 12.3 Å². The van der Waals surface area contributed by atoms with E-state index in [2.05, 4.69) is 70.1 Å². The maximum Gasteiger partial charge on any atom is 0.350 e. The van der Waals surface area contributed by atoms with Gasteiger partial charge in [-0.25, -0.2) is 0 Å². The van der Waals surface area contributed by atoms with Crippen molar-refractivity contribution in [2.75, 3.05) is 0 Å². The molecule has 1 aromatic rings. The predicted octanol–water partition coefficient (Wildman–Crippen LogP) is 2.68. The molecule has 0 bridgehead atoms. The zero-order valence-corrected chi connectivity index (χ0v) is 18.1. The Bertz CT molecular complexity index is 408. The lowest BCUT2D eigenvalue weighted by Crippen LogP contribution is -2.58. The molecule has 0 aliphatic heterocycles. The summed E-state index contributed by atoms with van der Waals surface area (Å²) >= 11 is 0. The Balaban J connectivity index is 2.96. The van der Waals surface area contributed by atoms with Gasteiger partial charge in [0.05, 0.1) is 0 Å². The van der Waals surface area contributed by atoms with E-state index in [1.54, 1.807) is 0 Å². The van der Waals surface area contributed by atoms with Gasteiger partial charge in [0.2, 0.25) is 0 Å². The van der Waals surface area contributed by atoms with Crippen LogP contribution in [0.1, 0.15) is 0 Å². The van der Waals surface area contributed by atoms with Gasteiger partial charge in [0.25, 0.3) is 9.28 Å². The molecule has 0 spiro atoms. The smallest absolute Gasteiger partial charge is 0.350 e. The normalized spacial score (nSPS) is 17.0. The molecule has 0 radical (unpaired) electrons. The lowest BCUT2D eigenvalue weighted by molar-refractivity contribution is 0.363. The van der Waals surface area contributed by atoms with Crippen LogP contribution in [0, 0.1) is 0 Å². The summed E-state index contributed by atoms with van der Waals surface area (Å²) in [6.07, 6.45) is 0. The molecule has 0 fully saturated rings. The van der Waals surface area contributed by atoms with Crippen molar-refractivity contribution in [3.05, 3.63) is 30.3 Å². The highest BCUT2D eigenvalue weighted by Gasteiger charge is 2.40. The Hall–Kier alpha value is -0.0325. The molecule has 0 saturated heterocycles. The highest BCUT2D eigenvalue weighted by atomic mass is 28.5. The van der Waals surface area contributed by atoms with Gasteiger partial charge < -0.3 is 12.3 Å². The molecule has 0 N–H and O–H groups in total. The molecule has 2 atom stereocenters. The SMILES string of the molecule is C[SiH](C)O[SiH](C)O[Si](C)(O[Si](C)(C)C)c1ccccc1. The Kier molecular flexibility index (Phi) is 6.57. The molecule has 0 aromatic heterocycles. The summed E-state index contributed by atoms with van der Waals surface area (Å²) in [5.74, 6) is 0. The van der Waals surface area contributed by atoms with E-state index in [1.807, 2.05) is 6.07 Å². The summed E-state index contributed by atoms with van der Waals surface area (Å²) in [5.41, 5.74) is 0. The molecular formula is C13H28O3Si4. The van der Waals surface area contributed by atoms with Gasteiger partial charge in [-0.15, -0.1) is 0 Å². The topological polar surface area (TPSA) is 27.7 Å². The molecule has 1 aromatic carbocycles.